The summed E-state index contributed by atoms with van der Waals surface area (Å²) in [6.07, 6.45) is 0.286. The Hall–Kier alpha value is -1.88. The topological polar surface area (TPSA) is 67.9 Å². The van der Waals surface area contributed by atoms with Crippen molar-refractivity contribution in [2.45, 2.75) is 6.42 Å². The SMILES string of the molecule is COc1ccccc1N1N=C(CN)CC1=O. The third kappa shape index (κ3) is 1.77. The number of nitrogens with two attached hydrogens (primary N) is 1. The highest BCUT2D eigenvalue weighted by atomic mass is 16.5. The number of methoxy groups -OCH3 is 1. The molecule has 1 amide bonds. The molecule has 0 unspecified atom stereocenters. The molecule has 0 radical (unpaired) electrons. The second-order valence-electron chi connectivity index (χ2n) is 3.42. The van der Waals surface area contributed by atoms with Gasteiger partial charge in [-0.2, -0.15) is 10.1 Å². The Kier molecular flexibility index (Phi) is 2.87. The van der Waals surface area contributed by atoms with Gasteiger partial charge in [-0.25, -0.2) is 0 Å². The van der Waals surface area contributed by atoms with Gasteiger partial charge in [-0.05, 0) is 12.1 Å². The molecule has 2 N–H and O–H groups in total. The molecular weight excluding hydrogens is 206 g/mol. The van der Waals surface area contributed by atoms with Crippen molar-refractivity contribution in [2.75, 3.05) is 18.7 Å². The smallest absolute Gasteiger partial charge is 0.253 e. The number of nitrogens with zero attached hydrogens (tertiary/aromatic N) is 2. The lowest BCUT2D eigenvalue weighted by atomic mass is 10.2. The van der Waals surface area contributed by atoms with Gasteiger partial charge < -0.3 is 10.5 Å². The van der Waals surface area contributed by atoms with Crippen LogP contribution in [0.5, 0.6) is 5.75 Å². The lowest BCUT2D eigenvalue weighted by molar-refractivity contribution is -0.116. The molecule has 1 heterocycles. The highest BCUT2D eigenvalue weighted by molar-refractivity contribution is 6.14. The summed E-state index contributed by atoms with van der Waals surface area (Å²) in [7, 11) is 1.56. The van der Waals surface area contributed by atoms with Crippen LogP contribution in [-0.2, 0) is 4.79 Å². The lowest BCUT2D eigenvalue weighted by Crippen LogP contribution is -2.20. The minimum Gasteiger partial charge on any atom is -0.494 e. The molecule has 1 aliphatic heterocycles. The van der Waals surface area contributed by atoms with Crippen LogP contribution in [0.1, 0.15) is 6.42 Å². The van der Waals surface area contributed by atoms with E-state index in [1.807, 2.05) is 12.1 Å². The number of hydrogen-bond acceptors (Lipinski definition) is 4. The minimum absolute atomic E-state index is 0.0787. The maximum atomic E-state index is 11.7. The van der Waals surface area contributed by atoms with E-state index in [0.29, 0.717) is 23.7 Å². The van der Waals surface area contributed by atoms with Crippen molar-refractivity contribution in [1.82, 2.24) is 0 Å². The van der Waals surface area contributed by atoms with E-state index in [0.717, 1.165) is 0 Å². The van der Waals surface area contributed by atoms with Crippen molar-refractivity contribution in [3.05, 3.63) is 24.3 Å². The standard InChI is InChI=1S/C11H13N3O2/c1-16-10-5-3-2-4-9(10)14-11(15)6-8(7-12)13-14/h2-5H,6-7,12H2,1H3. The highest BCUT2D eigenvalue weighted by Gasteiger charge is 2.26. The first kappa shape index (κ1) is 10.6. The molecule has 0 atom stereocenters. The number of hydrogen-bond donors (Lipinski definition) is 1. The quantitative estimate of drug-likeness (QED) is 0.815. The fraction of sp³-hybridized carbons (Fsp3) is 0.273. The Bertz CT molecular complexity index is 443. The third-order valence-corrected chi connectivity index (χ3v) is 2.38. The largest absolute Gasteiger partial charge is 0.494 e. The third-order valence-electron chi connectivity index (χ3n) is 2.38. The Balaban J connectivity index is 2.37. The number of benzene rings is 1. The minimum atomic E-state index is -0.0787. The van der Waals surface area contributed by atoms with Gasteiger partial charge in [0, 0.05) is 6.54 Å². The van der Waals surface area contributed by atoms with Gasteiger partial charge in [-0.1, -0.05) is 12.1 Å². The van der Waals surface area contributed by atoms with Crippen LogP contribution in [0.25, 0.3) is 0 Å². The predicted molar refractivity (Wildman–Crippen MR) is 61.6 cm³/mol. The average molecular weight is 219 g/mol. The molecule has 0 fully saturated rings. The van der Waals surface area contributed by atoms with Crippen LogP contribution in [0.2, 0.25) is 0 Å². The maximum absolute atomic E-state index is 11.7. The van der Waals surface area contributed by atoms with Gasteiger partial charge in [0.05, 0.1) is 19.2 Å². The maximum Gasteiger partial charge on any atom is 0.253 e. The van der Waals surface area contributed by atoms with Crippen molar-refractivity contribution in [1.29, 1.82) is 0 Å². The highest BCUT2D eigenvalue weighted by Crippen LogP contribution is 2.30. The molecule has 5 nitrogen and oxygen atoms in total. The number of carbonyl (C=O) groups is 1. The Morgan fingerprint density at radius 3 is 2.88 bits per heavy atom. The zero-order valence-corrected chi connectivity index (χ0v) is 9.01. The fourth-order valence-electron chi connectivity index (χ4n) is 1.59. The van der Waals surface area contributed by atoms with Crippen LogP contribution < -0.4 is 15.5 Å². The van der Waals surface area contributed by atoms with Gasteiger partial charge in [0.2, 0.25) is 0 Å². The van der Waals surface area contributed by atoms with E-state index in [9.17, 15) is 4.79 Å². The van der Waals surface area contributed by atoms with E-state index in [1.165, 1.54) is 5.01 Å². The fourth-order valence-corrected chi connectivity index (χ4v) is 1.59. The molecular formula is C11H13N3O2. The molecule has 1 aromatic carbocycles. The van der Waals surface area contributed by atoms with Crippen LogP contribution >= 0.6 is 0 Å². The van der Waals surface area contributed by atoms with Gasteiger partial charge >= 0.3 is 0 Å². The van der Waals surface area contributed by atoms with Crippen molar-refractivity contribution >= 4 is 17.3 Å². The molecule has 0 bridgehead atoms. The molecule has 0 spiro atoms. The van der Waals surface area contributed by atoms with Crippen molar-refractivity contribution in [3.63, 3.8) is 0 Å². The van der Waals surface area contributed by atoms with Crippen molar-refractivity contribution < 1.29 is 9.53 Å². The van der Waals surface area contributed by atoms with Gasteiger partial charge in [0.1, 0.15) is 11.4 Å². The van der Waals surface area contributed by atoms with Gasteiger partial charge in [0.25, 0.3) is 5.91 Å². The van der Waals surface area contributed by atoms with Gasteiger partial charge in [-0.15, -0.1) is 0 Å². The number of carbonyl (C=O) groups excluding carboxylic acids is 1. The van der Waals surface area contributed by atoms with Gasteiger partial charge in [-0.3, -0.25) is 4.79 Å². The molecule has 2 rings (SSSR count). The molecule has 0 saturated heterocycles. The second-order valence-corrected chi connectivity index (χ2v) is 3.42. The number of ether oxygens (including phenoxy) is 1. The molecule has 5 heteroatoms. The number of para-hydroxylation sites is 2. The number of amides is 1. The summed E-state index contributed by atoms with van der Waals surface area (Å²) in [6, 6.07) is 7.26. The van der Waals surface area contributed by atoms with Crippen LogP contribution in [0.4, 0.5) is 5.69 Å². The number of anilines is 1. The Morgan fingerprint density at radius 1 is 1.50 bits per heavy atom. The molecule has 0 aromatic heterocycles. The summed E-state index contributed by atoms with van der Waals surface area (Å²) in [4.78, 5) is 11.7. The van der Waals surface area contributed by atoms with Gasteiger partial charge in [0.15, 0.2) is 0 Å². The summed E-state index contributed by atoms with van der Waals surface area (Å²) in [5.41, 5.74) is 6.81. The Labute approximate surface area is 93.5 Å². The summed E-state index contributed by atoms with van der Waals surface area (Å²) < 4.78 is 5.18. The summed E-state index contributed by atoms with van der Waals surface area (Å²) in [6.45, 7) is 0.303. The Morgan fingerprint density at radius 2 is 2.25 bits per heavy atom. The zero-order chi connectivity index (χ0) is 11.5. The first-order valence-corrected chi connectivity index (χ1v) is 4.98. The van der Waals surface area contributed by atoms with E-state index in [2.05, 4.69) is 5.10 Å². The molecule has 0 aliphatic carbocycles. The zero-order valence-electron chi connectivity index (χ0n) is 9.01. The first-order chi connectivity index (χ1) is 7.76. The summed E-state index contributed by atoms with van der Waals surface area (Å²) >= 11 is 0. The van der Waals surface area contributed by atoms with E-state index in [1.54, 1.807) is 19.2 Å². The van der Waals surface area contributed by atoms with Crippen LogP contribution in [0, 0.1) is 0 Å². The second kappa shape index (κ2) is 4.32. The molecule has 1 aliphatic rings. The molecule has 0 saturated carbocycles. The predicted octanol–water partition coefficient (Wildman–Crippen LogP) is 0.747. The molecule has 16 heavy (non-hydrogen) atoms. The van der Waals surface area contributed by atoms with Crippen molar-refractivity contribution in [2.24, 2.45) is 10.8 Å². The monoisotopic (exact) mass is 219 g/mol. The molecule has 84 valence electrons. The van der Waals surface area contributed by atoms with Crippen LogP contribution in [-0.4, -0.2) is 25.3 Å². The van der Waals surface area contributed by atoms with Crippen molar-refractivity contribution in [3.8, 4) is 5.75 Å². The first-order valence-electron chi connectivity index (χ1n) is 4.98. The van der Waals surface area contributed by atoms with Crippen LogP contribution in [0.3, 0.4) is 0 Å². The number of rotatable bonds is 3. The summed E-state index contributed by atoms with van der Waals surface area (Å²) in [5.74, 6) is 0.544. The van der Waals surface area contributed by atoms with E-state index < -0.39 is 0 Å². The lowest BCUT2D eigenvalue weighted by Gasteiger charge is -2.14. The average Bonchev–Trinajstić information content (AvgIpc) is 2.70. The normalized spacial score (nSPS) is 15.2. The molecule has 1 aromatic rings. The van der Waals surface area contributed by atoms with Crippen LogP contribution in [0.15, 0.2) is 29.4 Å². The van der Waals surface area contributed by atoms with E-state index in [-0.39, 0.29) is 12.3 Å². The number of hydrazone groups is 1. The van der Waals surface area contributed by atoms with E-state index in [4.69, 9.17) is 10.5 Å². The van der Waals surface area contributed by atoms with E-state index >= 15 is 0 Å². The summed E-state index contributed by atoms with van der Waals surface area (Å²) in [5, 5.41) is 5.51.